The average Bonchev–Trinajstić information content (AvgIpc) is 2.26. The fourth-order valence-corrected chi connectivity index (χ4v) is 1.62. The molecule has 1 aromatic heterocycles. The average molecular weight is 218 g/mol. The van der Waals surface area contributed by atoms with E-state index in [0.717, 1.165) is 5.69 Å². The van der Waals surface area contributed by atoms with Gasteiger partial charge in [0, 0.05) is 5.69 Å². The van der Waals surface area contributed by atoms with Gasteiger partial charge in [-0.3, -0.25) is 15.1 Å². The molecule has 0 fully saturated rings. The molecule has 5 nitrogen and oxygen atoms in total. The number of aromatic nitrogens is 1. The fraction of sp³-hybridized carbons (Fsp3) is 0.182. The van der Waals surface area contributed by atoms with Gasteiger partial charge in [-0.15, -0.1) is 0 Å². The molecule has 0 saturated heterocycles. The third-order valence-electron chi connectivity index (χ3n) is 2.35. The highest BCUT2D eigenvalue weighted by molar-refractivity contribution is 5.91. The summed E-state index contributed by atoms with van der Waals surface area (Å²) in [6.07, 6.45) is 0. The van der Waals surface area contributed by atoms with E-state index in [2.05, 4.69) is 4.98 Å². The molecular weight excluding hydrogens is 208 g/mol. The zero-order valence-electron chi connectivity index (χ0n) is 8.93. The second-order valence-electron chi connectivity index (χ2n) is 3.39. The maximum Gasteiger partial charge on any atom is 0.320 e. The van der Waals surface area contributed by atoms with Gasteiger partial charge in [0.1, 0.15) is 0 Å². The lowest BCUT2D eigenvalue weighted by Crippen LogP contribution is -1.96. The van der Waals surface area contributed by atoms with Crippen LogP contribution in [0.2, 0.25) is 0 Å². The lowest BCUT2D eigenvalue weighted by atomic mass is 10.1. The number of ether oxygens (including phenoxy) is 1. The SMILES string of the molecule is COc1ccc2nc(C)ccc2c1[N+](=O)[O-]. The first-order valence-corrected chi connectivity index (χ1v) is 4.72. The topological polar surface area (TPSA) is 65.3 Å². The van der Waals surface area contributed by atoms with E-state index in [4.69, 9.17) is 4.74 Å². The Morgan fingerprint density at radius 2 is 2.06 bits per heavy atom. The molecule has 0 spiro atoms. The molecule has 0 bridgehead atoms. The number of methoxy groups -OCH3 is 1. The quantitative estimate of drug-likeness (QED) is 0.573. The molecule has 0 saturated carbocycles. The highest BCUT2D eigenvalue weighted by Crippen LogP contribution is 2.34. The molecule has 0 amide bonds. The number of nitro benzene ring substituents is 1. The van der Waals surface area contributed by atoms with Crippen LogP contribution in [0, 0.1) is 17.0 Å². The monoisotopic (exact) mass is 218 g/mol. The summed E-state index contributed by atoms with van der Waals surface area (Å²) in [5.74, 6) is 0.253. The Bertz CT molecular complexity index is 566. The minimum Gasteiger partial charge on any atom is -0.490 e. The van der Waals surface area contributed by atoms with Gasteiger partial charge in [-0.25, -0.2) is 0 Å². The largest absolute Gasteiger partial charge is 0.490 e. The van der Waals surface area contributed by atoms with E-state index < -0.39 is 4.92 Å². The molecule has 82 valence electrons. The summed E-state index contributed by atoms with van der Waals surface area (Å²) in [6, 6.07) is 6.72. The van der Waals surface area contributed by atoms with Crippen LogP contribution in [0.25, 0.3) is 10.9 Å². The van der Waals surface area contributed by atoms with Gasteiger partial charge in [0.25, 0.3) is 0 Å². The molecule has 0 radical (unpaired) electrons. The molecule has 0 atom stereocenters. The number of hydrogen-bond acceptors (Lipinski definition) is 4. The van der Waals surface area contributed by atoms with E-state index in [9.17, 15) is 10.1 Å². The number of aryl methyl sites for hydroxylation is 1. The molecule has 0 unspecified atom stereocenters. The van der Waals surface area contributed by atoms with E-state index in [-0.39, 0.29) is 11.4 Å². The first-order chi connectivity index (χ1) is 7.63. The molecule has 0 aliphatic rings. The Hall–Kier alpha value is -2.17. The molecular formula is C11H10N2O3. The number of nitro groups is 1. The van der Waals surface area contributed by atoms with Crippen LogP contribution >= 0.6 is 0 Å². The first-order valence-electron chi connectivity index (χ1n) is 4.72. The summed E-state index contributed by atoms with van der Waals surface area (Å²) >= 11 is 0. The van der Waals surface area contributed by atoms with E-state index in [1.807, 2.05) is 6.92 Å². The summed E-state index contributed by atoms with van der Waals surface area (Å²) in [4.78, 5) is 14.8. The maximum atomic E-state index is 11.0. The predicted octanol–water partition coefficient (Wildman–Crippen LogP) is 2.46. The molecule has 0 aliphatic carbocycles. The molecule has 0 N–H and O–H groups in total. The second-order valence-corrected chi connectivity index (χ2v) is 3.39. The van der Waals surface area contributed by atoms with Gasteiger partial charge < -0.3 is 4.74 Å². The Morgan fingerprint density at radius 3 is 2.69 bits per heavy atom. The van der Waals surface area contributed by atoms with Crippen LogP contribution in [0.4, 0.5) is 5.69 Å². The number of fused-ring (bicyclic) bond motifs is 1. The van der Waals surface area contributed by atoms with Crippen molar-refractivity contribution in [3.63, 3.8) is 0 Å². The lowest BCUT2D eigenvalue weighted by Gasteiger charge is -2.04. The molecule has 0 aliphatic heterocycles. The van der Waals surface area contributed by atoms with Gasteiger partial charge >= 0.3 is 5.69 Å². The first kappa shape index (κ1) is 10.4. The zero-order chi connectivity index (χ0) is 11.7. The third kappa shape index (κ3) is 1.56. The van der Waals surface area contributed by atoms with Crippen LogP contribution in [0.3, 0.4) is 0 Å². The number of hydrogen-bond donors (Lipinski definition) is 0. The molecule has 5 heteroatoms. The van der Waals surface area contributed by atoms with E-state index in [0.29, 0.717) is 10.9 Å². The van der Waals surface area contributed by atoms with Crippen molar-refractivity contribution in [1.29, 1.82) is 0 Å². The Morgan fingerprint density at radius 1 is 1.31 bits per heavy atom. The zero-order valence-corrected chi connectivity index (χ0v) is 8.93. The minimum absolute atomic E-state index is 0.0347. The van der Waals surface area contributed by atoms with E-state index in [1.165, 1.54) is 7.11 Å². The molecule has 2 aromatic rings. The van der Waals surface area contributed by atoms with Gasteiger partial charge in [-0.2, -0.15) is 0 Å². The summed E-state index contributed by atoms with van der Waals surface area (Å²) in [5, 5.41) is 11.5. The minimum atomic E-state index is -0.446. The molecule has 16 heavy (non-hydrogen) atoms. The van der Waals surface area contributed by atoms with Gasteiger partial charge in [0.05, 0.1) is 22.9 Å². The Balaban J connectivity index is 2.84. The van der Waals surface area contributed by atoms with Crippen molar-refractivity contribution in [2.75, 3.05) is 7.11 Å². The summed E-state index contributed by atoms with van der Waals surface area (Å²) in [7, 11) is 1.41. The Labute approximate surface area is 91.8 Å². The van der Waals surface area contributed by atoms with Crippen molar-refractivity contribution in [3.8, 4) is 5.75 Å². The Kier molecular flexibility index (Phi) is 2.44. The molecule has 1 heterocycles. The van der Waals surface area contributed by atoms with Crippen LogP contribution in [0.1, 0.15) is 5.69 Å². The number of rotatable bonds is 2. The number of pyridine rings is 1. The van der Waals surface area contributed by atoms with Gasteiger partial charge in [-0.1, -0.05) is 0 Å². The van der Waals surface area contributed by atoms with Crippen molar-refractivity contribution >= 4 is 16.6 Å². The van der Waals surface area contributed by atoms with Crippen molar-refractivity contribution in [2.45, 2.75) is 6.92 Å². The summed E-state index contributed by atoms with van der Waals surface area (Å²) in [6.45, 7) is 1.84. The number of benzene rings is 1. The van der Waals surface area contributed by atoms with E-state index >= 15 is 0 Å². The van der Waals surface area contributed by atoms with Crippen LogP contribution in [-0.4, -0.2) is 17.0 Å². The van der Waals surface area contributed by atoms with Crippen molar-refractivity contribution in [3.05, 3.63) is 40.1 Å². The number of nitrogens with zero attached hydrogens (tertiary/aromatic N) is 2. The van der Waals surface area contributed by atoms with Gasteiger partial charge in [-0.05, 0) is 31.2 Å². The maximum absolute atomic E-state index is 11.0. The summed E-state index contributed by atoms with van der Waals surface area (Å²) in [5.41, 5.74) is 1.40. The van der Waals surface area contributed by atoms with Gasteiger partial charge in [0.2, 0.25) is 0 Å². The van der Waals surface area contributed by atoms with Crippen LogP contribution in [-0.2, 0) is 0 Å². The highest BCUT2D eigenvalue weighted by atomic mass is 16.6. The lowest BCUT2D eigenvalue weighted by molar-refractivity contribution is -0.383. The predicted molar refractivity (Wildman–Crippen MR) is 59.7 cm³/mol. The highest BCUT2D eigenvalue weighted by Gasteiger charge is 2.19. The normalized spacial score (nSPS) is 10.4. The molecule has 2 rings (SSSR count). The fourth-order valence-electron chi connectivity index (χ4n) is 1.62. The molecule has 1 aromatic carbocycles. The van der Waals surface area contributed by atoms with Crippen molar-refractivity contribution in [1.82, 2.24) is 4.98 Å². The van der Waals surface area contributed by atoms with Gasteiger partial charge in [0.15, 0.2) is 5.75 Å². The smallest absolute Gasteiger partial charge is 0.320 e. The standard InChI is InChI=1S/C11H10N2O3/c1-7-3-4-8-9(12-7)5-6-10(16-2)11(8)13(14)15/h3-6H,1-2H3. The second kappa shape index (κ2) is 3.77. The van der Waals surface area contributed by atoms with Crippen LogP contribution in [0.5, 0.6) is 5.75 Å². The van der Waals surface area contributed by atoms with E-state index in [1.54, 1.807) is 24.3 Å². The summed E-state index contributed by atoms with van der Waals surface area (Å²) < 4.78 is 4.98. The van der Waals surface area contributed by atoms with Crippen molar-refractivity contribution in [2.24, 2.45) is 0 Å². The van der Waals surface area contributed by atoms with Crippen molar-refractivity contribution < 1.29 is 9.66 Å². The van der Waals surface area contributed by atoms with Crippen LogP contribution < -0.4 is 4.74 Å². The third-order valence-corrected chi connectivity index (χ3v) is 2.35. The van der Waals surface area contributed by atoms with Crippen LogP contribution in [0.15, 0.2) is 24.3 Å².